The van der Waals surface area contributed by atoms with Gasteiger partial charge >= 0.3 is 0 Å². The number of furan rings is 1. The van der Waals surface area contributed by atoms with Crippen LogP contribution in [0.5, 0.6) is 0 Å². The maximum absolute atomic E-state index is 7.28. The second-order valence-corrected chi connectivity index (χ2v) is 13.6. The van der Waals surface area contributed by atoms with Crippen molar-refractivity contribution in [2.45, 2.75) is 5.41 Å². The van der Waals surface area contributed by atoms with Crippen LogP contribution in [0.4, 0.5) is 0 Å². The average Bonchev–Trinajstić information content (AvgIpc) is 3.91. The molecule has 12 rings (SSSR count). The van der Waals surface area contributed by atoms with E-state index < -0.39 is 5.41 Å². The lowest BCUT2D eigenvalue weighted by atomic mass is 9.70. The third kappa shape index (κ3) is 3.30. The molecule has 0 saturated heterocycles. The van der Waals surface area contributed by atoms with Crippen molar-refractivity contribution in [3.05, 3.63) is 186 Å². The lowest BCUT2D eigenvalue weighted by Crippen LogP contribution is -2.25. The summed E-state index contributed by atoms with van der Waals surface area (Å²) in [6, 6.07) is 58.4. The van der Waals surface area contributed by atoms with Crippen molar-refractivity contribution >= 4 is 43.7 Å². The van der Waals surface area contributed by atoms with Gasteiger partial charge in [-0.25, -0.2) is 9.97 Å². The van der Waals surface area contributed by atoms with Gasteiger partial charge in [-0.3, -0.25) is 4.57 Å². The fourth-order valence-corrected chi connectivity index (χ4v) is 9.29. The highest BCUT2D eigenvalue weighted by Crippen LogP contribution is 2.65. The number of hydrogen-bond donors (Lipinski definition) is 0. The molecule has 0 N–H and O–H groups in total. The Labute approximate surface area is 292 Å². The summed E-state index contributed by atoms with van der Waals surface area (Å²) in [5.41, 5.74) is 14.0. The smallest absolute Gasteiger partial charge is 0.235 e. The second-order valence-electron chi connectivity index (χ2n) is 13.6. The van der Waals surface area contributed by atoms with Crippen LogP contribution in [-0.4, -0.2) is 14.5 Å². The minimum absolute atomic E-state index is 0.505. The minimum atomic E-state index is -0.505. The average molecular weight is 650 g/mol. The molecule has 0 radical (unpaired) electrons. The lowest BCUT2D eigenvalue weighted by molar-refractivity contribution is 0.630. The van der Waals surface area contributed by atoms with Gasteiger partial charge in [0.15, 0.2) is 5.58 Å². The lowest BCUT2D eigenvalue weighted by Gasteiger charge is -2.29. The molecule has 0 atom stereocenters. The molecule has 7 aromatic carbocycles. The predicted octanol–water partition coefficient (Wildman–Crippen LogP) is 11.5. The third-order valence-corrected chi connectivity index (χ3v) is 11.2. The highest BCUT2D eigenvalue weighted by Gasteiger charge is 2.54. The van der Waals surface area contributed by atoms with E-state index in [4.69, 9.17) is 14.4 Å². The van der Waals surface area contributed by atoms with Crippen molar-refractivity contribution in [2.75, 3.05) is 0 Å². The van der Waals surface area contributed by atoms with Gasteiger partial charge < -0.3 is 4.42 Å². The normalized spacial score (nSPS) is 13.6. The first-order valence-corrected chi connectivity index (χ1v) is 17.4. The molecule has 2 aliphatic rings. The molecule has 4 heteroatoms. The molecule has 0 unspecified atom stereocenters. The highest BCUT2D eigenvalue weighted by molar-refractivity contribution is 6.19. The summed E-state index contributed by atoms with van der Waals surface area (Å²) < 4.78 is 9.51. The predicted molar refractivity (Wildman–Crippen MR) is 205 cm³/mol. The van der Waals surface area contributed by atoms with Crippen LogP contribution in [-0.2, 0) is 5.41 Å². The number of hydrogen-bond acceptors (Lipinski definition) is 3. The third-order valence-electron chi connectivity index (χ3n) is 11.2. The summed E-state index contributed by atoms with van der Waals surface area (Å²) in [4.78, 5) is 10.6. The van der Waals surface area contributed by atoms with Crippen LogP contribution in [0.1, 0.15) is 22.3 Å². The molecular weight excluding hydrogens is 623 g/mol. The van der Waals surface area contributed by atoms with Gasteiger partial charge in [-0.15, -0.1) is 0 Å². The van der Waals surface area contributed by atoms with Crippen molar-refractivity contribution in [3.8, 4) is 39.7 Å². The molecule has 2 aliphatic carbocycles. The monoisotopic (exact) mass is 649 g/mol. The Hall–Kier alpha value is -6.78. The minimum Gasteiger partial charge on any atom is -0.453 e. The molecule has 0 fully saturated rings. The molecule has 3 heterocycles. The van der Waals surface area contributed by atoms with Gasteiger partial charge in [-0.05, 0) is 46.0 Å². The zero-order chi connectivity index (χ0) is 33.3. The van der Waals surface area contributed by atoms with E-state index in [1.165, 1.54) is 33.4 Å². The molecule has 0 saturated carbocycles. The number of rotatable bonds is 2. The van der Waals surface area contributed by atoms with Gasteiger partial charge in [-0.1, -0.05) is 146 Å². The van der Waals surface area contributed by atoms with E-state index >= 15 is 0 Å². The molecule has 4 nitrogen and oxygen atoms in total. The first kappa shape index (κ1) is 27.1. The van der Waals surface area contributed by atoms with Crippen molar-refractivity contribution in [1.82, 2.24) is 14.5 Å². The Morgan fingerprint density at radius 2 is 1.06 bits per heavy atom. The van der Waals surface area contributed by atoms with Crippen LogP contribution in [0, 0.1) is 0 Å². The first-order valence-electron chi connectivity index (χ1n) is 17.4. The van der Waals surface area contributed by atoms with Crippen molar-refractivity contribution in [1.29, 1.82) is 0 Å². The summed E-state index contributed by atoms with van der Waals surface area (Å²) in [7, 11) is 0. The maximum atomic E-state index is 7.28. The van der Waals surface area contributed by atoms with Crippen LogP contribution < -0.4 is 0 Å². The van der Waals surface area contributed by atoms with E-state index in [1.807, 2.05) is 12.1 Å². The topological polar surface area (TPSA) is 43.9 Å². The van der Waals surface area contributed by atoms with Gasteiger partial charge in [0.25, 0.3) is 0 Å². The number of nitrogens with zero attached hydrogens (tertiary/aromatic N) is 3. The van der Waals surface area contributed by atoms with Gasteiger partial charge in [0.1, 0.15) is 11.3 Å². The van der Waals surface area contributed by atoms with Crippen LogP contribution in [0.25, 0.3) is 83.3 Å². The van der Waals surface area contributed by atoms with E-state index in [9.17, 15) is 0 Å². The van der Waals surface area contributed by atoms with Gasteiger partial charge in [0, 0.05) is 38.2 Å². The number of aromatic nitrogens is 3. The van der Waals surface area contributed by atoms with Crippen molar-refractivity contribution in [3.63, 3.8) is 0 Å². The van der Waals surface area contributed by atoms with E-state index in [0.29, 0.717) is 5.95 Å². The number of fused-ring (bicyclic) bond motifs is 17. The molecule has 236 valence electrons. The summed E-state index contributed by atoms with van der Waals surface area (Å²) in [5.74, 6) is 1.55. The molecule has 0 amide bonds. The first-order chi connectivity index (χ1) is 25.3. The van der Waals surface area contributed by atoms with Crippen LogP contribution in [0.15, 0.2) is 168 Å². The van der Waals surface area contributed by atoms with Gasteiger partial charge in [0.2, 0.25) is 5.95 Å². The Kier molecular flexibility index (Phi) is 5.14. The van der Waals surface area contributed by atoms with E-state index in [1.54, 1.807) is 0 Å². The fourth-order valence-electron chi connectivity index (χ4n) is 9.29. The molecule has 1 spiro atoms. The Morgan fingerprint density at radius 3 is 1.82 bits per heavy atom. The van der Waals surface area contributed by atoms with Crippen molar-refractivity contribution < 1.29 is 4.42 Å². The molecule has 10 aromatic rings. The van der Waals surface area contributed by atoms with E-state index in [-0.39, 0.29) is 0 Å². The fraction of sp³-hybridized carbons (Fsp3) is 0.0213. The summed E-state index contributed by atoms with van der Waals surface area (Å²) in [5, 5.41) is 4.37. The van der Waals surface area contributed by atoms with Crippen LogP contribution >= 0.6 is 0 Å². The Morgan fingerprint density at radius 1 is 0.471 bits per heavy atom. The van der Waals surface area contributed by atoms with Gasteiger partial charge in [0.05, 0.1) is 22.1 Å². The molecular formula is C47H27N3O. The van der Waals surface area contributed by atoms with Gasteiger partial charge in [-0.2, -0.15) is 0 Å². The number of para-hydroxylation sites is 2. The standard InChI is InChI=1S/C47H27N3O/c1-2-14-28(15-3-1)42-34-20-7-12-24-39(34)48-46(49-42)50-40-25-13-8-18-31(40)32-26-27-35-41-44(51-45(35)43(32)50)33-19-6-11-23-38(33)47(41)36-21-9-4-16-29(36)30-17-5-10-22-37(30)47/h1-27H. The van der Waals surface area contributed by atoms with Crippen LogP contribution in [0.3, 0.4) is 0 Å². The zero-order valence-electron chi connectivity index (χ0n) is 27.3. The Balaban J connectivity index is 1.25. The molecule has 0 bridgehead atoms. The van der Waals surface area contributed by atoms with E-state index in [0.717, 1.165) is 66.3 Å². The quantitative estimate of drug-likeness (QED) is 0.187. The SMILES string of the molecule is c1ccc(-c2nc(-n3c4ccccc4c4ccc5c6c(oc5c43)-c3ccccc3C63c4ccccc4-c4ccccc43)nc3ccccc23)cc1. The highest BCUT2D eigenvalue weighted by atomic mass is 16.3. The van der Waals surface area contributed by atoms with Crippen molar-refractivity contribution in [2.24, 2.45) is 0 Å². The van der Waals surface area contributed by atoms with E-state index in [2.05, 4.69) is 156 Å². The summed E-state index contributed by atoms with van der Waals surface area (Å²) in [6.07, 6.45) is 0. The second kappa shape index (κ2) is 9.68. The number of benzene rings is 7. The summed E-state index contributed by atoms with van der Waals surface area (Å²) >= 11 is 0. The molecule has 3 aromatic heterocycles. The maximum Gasteiger partial charge on any atom is 0.235 e. The summed E-state index contributed by atoms with van der Waals surface area (Å²) in [6.45, 7) is 0. The Bertz CT molecular complexity index is 3050. The molecule has 51 heavy (non-hydrogen) atoms. The zero-order valence-corrected chi connectivity index (χ0v) is 27.3. The largest absolute Gasteiger partial charge is 0.453 e. The van der Waals surface area contributed by atoms with Crippen LogP contribution in [0.2, 0.25) is 0 Å². The molecule has 0 aliphatic heterocycles.